The number of hydrogen-bond acceptors (Lipinski definition) is 3. The Morgan fingerprint density at radius 3 is 2.80 bits per heavy atom. The second-order valence-electron chi connectivity index (χ2n) is 5.57. The maximum absolute atomic E-state index is 4.62. The molecule has 0 amide bonds. The van der Waals surface area contributed by atoms with Gasteiger partial charge in [0.15, 0.2) is 0 Å². The van der Waals surface area contributed by atoms with Crippen molar-refractivity contribution in [3.8, 4) is 0 Å². The lowest BCUT2D eigenvalue weighted by atomic mass is 10.0. The molecule has 1 aliphatic rings. The lowest BCUT2D eigenvalue weighted by Gasteiger charge is -2.33. The van der Waals surface area contributed by atoms with Crippen LogP contribution in [0.25, 0.3) is 10.8 Å². The molecule has 0 saturated carbocycles. The molecule has 2 aromatic rings. The van der Waals surface area contributed by atoms with Crippen molar-refractivity contribution in [3.05, 3.63) is 36.5 Å². The van der Waals surface area contributed by atoms with Crippen molar-refractivity contribution >= 4 is 16.6 Å². The van der Waals surface area contributed by atoms with Crippen LogP contribution in [0.2, 0.25) is 0 Å². The van der Waals surface area contributed by atoms with Gasteiger partial charge in [0.1, 0.15) is 5.82 Å². The van der Waals surface area contributed by atoms with Crippen LogP contribution < -0.4 is 10.2 Å². The number of aromatic nitrogens is 1. The lowest BCUT2D eigenvalue weighted by molar-refractivity contribution is 0.415. The Hall–Kier alpha value is -1.61. The molecule has 1 fully saturated rings. The molecule has 0 spiro atoms. The van der Waals surface area contributed by atoms with Crippen LogP contribution in [0.15, 0.2) is 36.5 Å². The number of benzene rings is 1. The molecule has 0 bridgehead atoms. The fraction of sp³-hybridized carbons (Fsp3) is 0.471. The first-order chi connectivity index (χ1) is 9.88. The van der Waals surface area contributed by atoms with Crippen molar-refractivity contribution in [3.63, 3.8) is 0 Å². The molecule has 1 saturated heterocycles. The third-order valence-corrected chi connectivity index (χ3v) is 4.13. The van der Waals surface area contributed by atoms with Crippen LogP contribution in [-0.2, 0) is 0 Å². The van der Waals surface area contributed by atoms with Crippen molar-refractivity contribution in [1.82, 2.24) is 10.3 Å². The largest absolute Gasteiger partial charge is 0.356 e. The van der Waals surface area contributed by atoms with E-state index in [2.05, 4.69) is 52.5 Å². The van der Waals surface area contributed by atoms with Crippen molar-refractivity contribution in [2.45, 2.75) is 32.2 Å². The van der Waals surface area contributed by atoms with Gasteiger partial charge in [-0.15, -0.1) is 0 Å². The van der Waals surface area contributed by atoms with E-state index in [1.54, 1.807) is 0 Å². The van der Waals surface area contributed by atoms with Gasteiger partial charge in [-0.3, -0.25) is 0 Å². The average molecular weight is 269 g/mol. The summed E-state index contributed by atoms with van der Waals surface area (Å²) in [4.78, 5) is 7.06. The van der Waals surface area contributed by atoms with E-state index in [0.29, 0.717) is 6.04 Å². The Balaban J connectivity index is 1.74. The maximum Gasteiger partial charge on any atom is 0.136 e. The van der Waals surface area contributed by atoms with Gasteiger partial charge >= 0.3 is 0 Å². The summed E-state index contributed by atoms with van der Waals surface area (Å²) in [7, 11) is 0. The minimum Gasteiger partial charge on any atom is -0.356 e. The highest BCUT2D eigenvalue weighted by molar-refractivity contribution is 5.92. The molecule has 0 aliphatic carbocycles. The van der Waals surface area contributed by atoms with Crippen LogP contribution in [0.4, 0.5) is 5.82 Å². The molecule has 3 rings (SSSR count). The van der Waals surface area contributed by atoms with E-state index in [9.17, 15) is 0 Å². The molecular formula is C17H23N3. The van der Waals surface area contributed by atoms with Gasteiger partial charge < -0.3 is 10.2 Å². The van der Waals surface area contributed by atoms with Crippen molar-refractivity contribution in [2.24, 2.45) is 0 Å². The second kappa shape index (κ2) is 6.23. The number of rotatable bonds is 4. The van der Waals surface area contributed by atoms with Crippen molar-refractivity contribution < 1.29 is 0 Å². The zero-order valence-electron chi connectivity index (χ0n) is 12.2. The minimum atomic E-state index is 0.682. The molecular weight excluding hydrogens is 246 g/mol. The number of hydrogen-bond donors (Lipinski definition) is 1. The van der Waals surface area contributed by atoms with E-state index < -0.39 is 0 Å². The average Bonchev–Trinajstić information content (AvgIpc) is 2.53. The molecule has 1 aliphatic heterocycles. The smallest absolute Gasteiger partial charge is 0.136 e. The van der Waals surface area contributed by atoms with Crippen LogP contribution >= 0.6 is 0 Å². The summed E-state index contributed by atoms with van der Waals surface area (Å²) in [5, 5.41) is 6.19. The van der Waals surface area contributed by atoms with Gasteiger partial charge in [-0.1, -0.05) is 31.2 Å². The topological polar surface area (TPSA) is 28.2 Å². The van der Waals surface area contributed by atoms with Crippen LogP contribution in [-0.4, -0.2) is 30.7 Å². The predicted molar refractivity (Wildman–Crippen MR) is 85.3 cm³/mol. The number of pyridine rings is 1. The normalized spacial score (nSPS) is 16.8. The van der Waals surface area contributed by atoms with Gasteiger partial charge in [-0.05, 0) is 37.3 Å². The molecule has 0 atom stereocenters. The Bertz CT molecular complexity index is 554. The minimum absolute atomic E-state index is 0.682. The summed E-state index contributed by atoms with van der Waals surface area (Å²) < 4.78 is 0. The number of anilines is 1. The molecule has 3 heteroatoms. The second-order valence-corrected chi connectivity index (χ2v) is 5.57. The van der Waals surface area contributed by atoms with Gasteiger partial charge in [0.25, 0.3) is 0 Å². The zero-order chi connectivity index (χ0) is 13.8. The molecule has 106 valence electrons. The van der Waals surface area contributed by atoms with Crippen LogP contribution in [0.1, 0.15) is 26.2 Å². The number of nitrogens with one attached hydrogen (secondary N) is 1. The van der Waals surface area contributed by atoms with E-state index in [1.165, 1.54) is 30.0 Å². The van der Waals surface area contributed by atoms with Gasteiger partial charge in [0, 0.05) is 30.7 Å². The first-order valence-corrected chi connectivity index (χ1v) is 7.70. The quantitative estimate of drug-likeness (QED) is 0.924. The van der Waals surface area contributed by atoms with Crippen LogP contribution in [0, 0.1) is 0 Å². The SMILES string of the molecule is CCCNC1CCN(c2nccc3ccccc23)CC1. The number of fused-ring (bicyclic) bond motifs is 1. The Kier molecular flexibility index (Phi) is 4.16. The Morgan fingerprint density at radius 1 is 1.20 bits per heavy atom. The van der Waals surface area contributed by atoms with Crippen molar-refractivity contribution in [2.75, 3.05) is 24.5 Å². The summed E-state index contributed by atoms with van der Waals surface area (Å²) in [6.45, 7) is 5.56. The van der Waals surface area contributed by atoms with E-state index >= 15 is 0 Å². The van der Waals surface area contributed by atoms with Gasteiger partial charge in [0.05, 0.1) is 0 Å². The highest BCUT2D eigenvalue weighted by Gasteiger charge is 2.20. The first kappa shape index (κ1) is 13.4. The van der Waals surface area contributed by atoms with E-state index in [0.717, 1.165) is 25.5 Å². The van der Waals surface area contributed by atoms with Gasteiger partial charge in [-0.25, -0.2) is 4.98 Å². The molecule has 1 aromatic carbocycles. The van der Waals surface area contributed by atoms with E-state index in [1.807, 2.05) is 6.20 Å². The maximum atomic E-state index is 4.62. The highest BCUT2D eigenvalue weighted by atomic mass is 15.2. The number of nitrogens with zero attached hydrogens (tertiary/aromatic N) is 2. The fourth-order valence-electron chi connectivity index (χ4n) is 3.00. The van der Waals surface area contributed by atoms with E-state index in [-0.39, 0.29) is 0 Å². The molecule has 20 heavy (non-hydrogen) atoms. The lowest BCUT2D eigenvalue weighted by Crippen LogP contribution is -2.43. The summed E-state index contributed by atoms with van der Waals surface area (Å²) >= 11 is 0. The number of piperidine rings is 1. The molecule has 1 N–H and O–H groups in total. The van der Waals surface area contributed by atoms with Crippen LogP contribution in [0.3, 0.4) is 0 Å². The molecule has 0 unspecified atom stereocenters. The summed E-state index contributed by atoms with van der Waals surface area (Å²) in [5.41, 5.74) is 0. The summed E-state index contributed by atoms with van der Waals surface area (Å²) in [5.74, 6) is 1.15. The first-order valence-electron chi connectivity index (χ1n) is 7.70. The van der Waals surface area contributed by atoms with Crippen LogP contribution in [0.5, 0.6) is 0 Å². The zero-order valence-corrected chi connectivity index (χ0v) is 12.2. The Morgan fingerprint density at radius 2 is 2.00 bits per heavy atom. The monoisotopic (exact) mass is 269 g/mol. The molecule has 0 radical (unpaired) electrons. The van der Waals surface area contributed by atoms with Gasteiger partial charge in [-0.2, -0.15) is 0 Å². The standard InChI is InChI=1S/C17H23N3/c1-2-10-18-15-8-12-20(13-9-15)17-16-6-4-3-5-14(16)7-11-19-17/h3-7,11,15,18H,2,8-10,12-13H2,1H3. The molecule has 2 heterocycles. The highest BCUT2D eigenvalue weighted by Crippen LogP contribution is 2.26. The fourth-order valence-corrected chi connectivity index (χ4v) is 3.00. The summed E-state index contributed by atoms with van der Waals surface area (Å²) in [6.07, 6.45) is 5.57. The summed E-state index contributed by atoms with van der Waals surface area (Å²) in [6, 6.07) is 11.3. The van der Waals surface area contributed by atoms with Gasteiger partial charge in [0.2, 0.25) is 0 Å². The van der Waals surface area contributed by atoms with Crippen molar-refractivity contribution in [1.29, 1.82) is 0 Å². The molecule has 1 aromatic heterocycles. The Labute approximate surface area is 121 Å². The predicted octanol–water partition coefficient (Wildman–Crippen LogP) is 3.20. The third kappa shape index (κ3) is 2.78. The van der Waals surface area contributed by atoms with E-state index in [4.69, 9.17) is 0 Å². The molecule has 3 nitrogen and oxygen atoms in total. The third-order valence-electron chi connectivity index (χ3n) is 4.13.